The normalized spacial score (nSPS) is 12.1. The fraction of sp³-hybridized carbons (Fsp3) is 0.100. The Kier molecular flexibility index (Phi) is 6.76. The molecule has 1 amide bonds. The van der Waals surface area contributed by atoms with Gasteiger partial charge >= 0.3 is 5.97 Å². The van der Waals surface area contributed by atoms with Gasteiger partial charge in [0.1, 0.15) is 4.21 Å². The van der Waals surface area contributed by atoms with Crippen LogP contribution in [0.15, 0.2) is 70.9 Å². The van der Waals surface area contributed by atoms with Gasteiger partial charge in [-0.2, -0.15) is 0 Å². The molecule has 0 aliphatic carbocycles. The monoisotopic (exact) mass is 464 g/mol. The van der Waals surface area contributed by atoms with Crippen LogP contribution in [0.5, 0.6) is 0 Å². The third-order valence-corrected chi connectivity index (χ3v) is 6.99. The van der Waals surface area contributed by atoms with Crippen molar-refractivity contribution in [3.8, 4) is 0 Å². The van der Waals surface area contributed by atoms with Crippen LogP contribution in [0, 0.1) is 0 Å². The number of nitrogens with one attached hydrogen (secondary N) is 2. The van der Waals surface area contributed by atoms with Gasteiger partial charge in [0.05, 0.1) is 15.6 Å². The van der Waals surface area contributed by atoms with Crippen molar-refractivity contribution in [3.05, 3.63) is 76.6 Å². The van der Waals surface area contributed by atoms with Gasteiger partial charge in [-0.3, -0.25) is 9.52 Å². The Balaban J connectivity index is 1.73. The molecule has 3 rings (SSSR count). The Bertz CT molecular complexity index is 1160. The molecule has 10 heteroatoms. The molecule has 0 saturated heterocycles. The van der Waals surface area contributed by atoms with E-state index in [1.165, 1.54) is 31.2 Å². The number of esters is 1. The minimum absolute atomic E-state index is 0.00581. The van der Waals surface area contributed by atoms with E-state index < -0.39 is 28.0 Å². The molecule has 0 saturated carbocycles. The highest BCUT2D eigenvalue weighted by Crippen LogP contribution is 2.28. The number of carbonyl (C=O) groups is 2. The van der Waals surface area contributed by atoms with Crippen LogP contribution in [0.25, 0.3) is 0 Å². The van der Waals surface area contributed by atoms with Crippen LogP contribution in [0.4, 0.5) is 11.4 Å². The molecule has 0 fully saturated rings. The van der Waals surface area contributed by atoms with Gasteiger partial charge in [-0.15, -0.1) is 11.3 Å². The molecule has 30 heavy (non-hydrogen) atoms. The molecule has 0 spiro atoms. The van der Waals surface area contributed by atoms with Crippen LogP contribution in [0.3, 0.4) is 0 Å². The number of ether oxygens (including phenoxy) is 1. The second kappa shape index (κ2) is 9.29. The molecule has 7 nitrogen and oxygen atoms in total. The minimum atomic E-state index is -3.94. The molecule has 1 heterocycles. The van der Waals surface area contributed by atoms with E-state index in [0.717, 1.165) is 11.3 Å². The first-order valence-corrected chi connectivity index (χ1v) is 11.4. The third-order valence-electron chi connectivity index (χ3n) is 3.90. The van der Waals surface area contributed by atoms with Crippen LogP contribution < -0.4 is 10.0 Å². The average molecular weight is 465 g/mol. The number of hydrogen-bond acceptors (Lipinski definition) is 6. The molecule has 0 bridgehead atoms. The molecule has 156 valence electrons. The summed E-state index contributed by atoms with van der Waals surface area (Å²) in [5.41, 5.74) is 0.568. The van der Waals surface area contributed by atoms with Gasteiger partial charge in [0.2, 0.25) is 0 Å². The van der Waals surface area contributed by atoms with E-state index in [4.69, 9.17) is 16.3 Å². The summed E-state index contributed by atoms with van der Waals surface area (Å²) in [4.78, 5) is 24.9. The maximum absolute atomic E-state index is 12.6. The quantitative estimate of drug-likeness (QED) is 0.505. The Morgan fingerprint density at radius 1 is 1.00 bits per heavy atom. The first-order chi connectivity index (χ1) is 14.3. The van der Waals surface area contributed by atoms with Crippen molar-refractivity contribution in [2.75, 3.05) is 10.0 Å². The second-order valence-electron chi connectivity index (χ2n) is 6.11. The number of para-hydroxylation sites is 2. The third kappa shape index (κ3) is 5.38. The molecule has 1 aromatic heterocycles. The first-order valence-electron chi connectivity index (χ1n) is 8.70. The van der Waals surface area contributed by atoms with E-state index in [2.05, 4.69) is 10.0 Å². The topological polar surface area (TPSA) is 102 Å². The van der Waals surface area contributed by atoms with E-state index >= 15 is 0 Å². The molecule has 0 radical (unpaired) electrons. The summed E-state index contributed by atoms with van der Waals surface area (Å²) in [6, 6.07) is 17.5. The lowest BCUT2D eigenvalue weighted by Gasteiger charge is -2.15. The summed E-state index contributed by atoms with van der Waals surface area (Å²) in [7, 11) is -3.94. The molecule has 0 unspecified atom stereocenters. The van der Waals surface area contributed by atoms with Gasteiger partial charge in [0.25, 0.3) is 15.9 Å². The number of halogens is 1. The minimum Gasteiger partial charge on any atom is -0.449 e. The standard InChI is InChI=1S/C20H17ClN2O5S2/c1-13(19(24)22-14-7-3-2-4-8-14)28-20(25)15-9-5-6-10-16(15)23-30(26,27)18-12-11-17(21)29-18/h2-13,23H,1H3,(H,22,24)/t13-/m0/s1. The van der Waals surface area contributed by atoms with Gasteiger partial charge in [0.15, 0.2) is 6.10 Å². The number of sulfonamides is 1. The molecule has 2 aromatic carbocycles. The number of rotatable bonds is 7. The Morgan fingerprint density at radius 3 is 2.33 bits per heavy atom. The van der Waals surface area contributed by atoms with Crippen molar-refractivity contribution >= 4 is 56.2 Å². The maximum Gasteiger partial charge on any atom is 0.341 e. The van der Waals surface area contributed by atoms with E-state index in [1.54, 1.807) is 42.5 Å². The summed E-state index contributed by atoms with van der Waals surface area (Å²) in [6.45, 7) is 1.43. The molecule has 3 aromatic rings. The molecular weight excluding hydrogens is 448 g/mol. The van der Waals surface area contributed by atoms with Crippen molar-refractivity contribution in [1.29, 1.82) is 0 Å². The lowest BCUT2D eigenvalue weighted by Crippen LogP contribution is -2.30. The zero-order chi connectivity index (χ0) is 21.7. The number of hydrogen-bond donors (Lipinski definition) is 2. The molecule has 1 atom stereocenters. The van der Waals surface area contributed by atoms with Gasteiger partial charge in [-0.25, -0.2) is 13.2 Å². The fourth-order valence-electron chi connectivity index (χ4n) is 2.43. The molecule has 2 N–H and O–H groups in total. The molecular formula is C20H17ClN2O5S2. The van der Waals surface area contributed by atoms with E-state index in [1.807, 2.05) is 0 Å². The van der Waals surface area contributed by atoms with Crippen molar-refractivity contribution in [2.24, 2.45) is 0 Å². The smallest absolute Gasteiger partial charge is 0.341 e. The fourth-order valence-corrected chi connectivity index (χ4v) is 4.99. The zero-order valence-corrected chi connectivity index (χ0v) is 18.1. The molecule has 0 aliphatic heterocycles. The van der Waals surface area contributed by atoms with E-state index in [0.29, 0.717) is 10.0 Å². The summed E-state index contributed by atoms with van der Waals surface area (Å²) in [6.07, 6.45) is -1.10. The van der Waals surface area contributed by atoms with Crippen LogP contribution >= 0.6 is 22.9 Å². The van der Waals surface area contributed by atoms with Crippen molar-refractivity contribution in [1.82, 2.24) is 0 Å². The summed E-state index contributed by atoms with van der Waals surface area (Å²) >= 11 is 6.70. The molecule has 0 aliphatic rings. The number of thiophene rings is 1. The zero-order valence-electron chi connectivity index (χ0n) is 15.7. The van der Waals surface area contributed by atoms with Gasteiger partial charge < -0.3 is 10.1 Å². The van der Waals surface area contributed by atoms with Crippen molar-refractivity contribution < 1.29 is 22.7 Å². The van der Waals surface area contributed by atoms with Gasteiger partial charge in [-0.1, -0.05) is 41.9 Å². The maximum atomic E-state index is 12.6. The SMILES string of the molecule is C[C@H](OC(=O)c1ccccc1NS(=O)(=O)c1ccc(Cl)s1)C(=O)Nc1ccccc1. The van der Waals surface area contributed by atoms with Gasteiger partial charge in [0, 0.05) is 5.69 Å². The van der Waals surface area contributed by atoms with Crippen LogP contribution in [0.2, 0.25) is 4.34 Å². The van der Waals surface area contributed by atoms with Crippen LogP contribution in [-0.4, -0.2) is 26.4 Å². The Hall–Kier alpha value is -2.88. The van der Waals surface area contributed by atoms with E-state index in [9.17, 15) is 18.0 Å². The first kappa shape index (κ1) is 21.8. The van der Waals surface area contributed by atoms with E-state index in [-0.39, 0.29) is 15.5 Å². The highest BCUT2D eigenvalue weighted by molar-refractivity contribution is 7.94. The highest BCUT2D eigenvalue weighted by Gasteiger charge is 2.24. The number of amides is 1. The van der Waals surface area contributed by atoms with Crippen LogP contribution in [-0.2, 0) is 19.6 Å². The lowest BCUT2D eigenvalue weighted by atomic mass is 10.2. The highest BCUT2D eigenvalue weighted by atomic mass is 35.5. The Morgan fingerprint density at radius 2 is 1.67 bits per heavy atom. The predicted molar refractivity (Wildman–Crippen MR) is 117 cm³/mol. The van der Waals surface area contributed by atoms with Crippen LogP contribution in [0.1, 0.15) is 17.3 Å². The van der Waals surface area contributed by atoms with Crippen molar-refractivity contribution in [3.63, 3.8) is 0 Å². The Labute approximate surface area is 182 Å². The predicted octanol–water partition coefficient (Wildman–Crippen LogP) is 4.39. The summed E-state index contributed by atoms with van der Waals surface area (Å²) in [5, 5.41) is 2.64. The number of carbonyl (C=O) groups excluding carboxylic acids is 2. The number of anilines is 2. The second-order valence-corrected chi connectivity index (χ2v) is 9.74. The summed E-state index contributed by atoms with van der Waals surface area (Å²) < 4.78 is 33.0. The lowest BCUT2D eigenvalue weighted by molar-refractivity contribution is -0.123. The average Bonchev–Trinajstić information content (AvgIpc) is 3.16. The van der Waals surface area contributed by atoms with Crippen molar-refractivity contribution in [2.45, 2.75) is 17.2 Å². The number of benzene rings is 2. The van der Waals surface area contributed by atoms with Gasteiger partial charge in [-0.05, 0) is 43.3 Å². The largest absolute Gasteiger partial charge is 0.449 e. The summed E-state index contributed by atoms with van der Waals surface area (Å²) in [5.74, 6) is -1.35.